The Morgan fingerprint density at radius 2 is 2.22 bits per heavy atom. The Kier molecular flexibility index (Phi) is 4.02. The Bertz CT molecular complexity index is 161. The van der Waals surface area contributed by atoms with Gasteiger partial charge in [0.15, 0.2) is 0 Å². The summed E-state index contributed by atoms with van der Waals surface area (Å²) in [4.78, 5) is 0. The summed E-state index contributed by atoms with van der Waals surface area (Å²) in [7, 11) is -3.43. The van der Waals surface area contributed by atoms with Crippen LogP contribution in [-0.4, -0.2) is 48.3 Å². The van der Waals surface area contributed by atoms with Gasteiger partial charge in [-0.15, -0.1) is 0 Å². The molecule has 0 spiro atoms. The Balaban J connectivity index is 3.90. The van der Waals surface area contributed by atoms with Crippen LogP contribution in [0.4, 0.5) is 0 Å². The minimum atomic E-state index is -3.43. The molecule has 0 fully saturated rings. The fraction of sp³-hybridized carbons (Fsp3) is 1.00. The zero-order valence-electron chi connectivity index (χ0n) is 4.86. The summed E-state index contributed by atoms with van der Waals surface area (Å²) in [6.07, 6.45) is -0.851. The van der Waals surface area contributed by atoms with Crippen LogP contribution < -0.4 is 0 Å². The molecule has 4 nitrogen and oxygen atoms in total. The van der Waals surface area contributed by atoms with Crippen molar-refractivity contribution in [2.24, 2.45) is 0 Å². The van der Waals surface area contributed by atoms with E-state index in [0.29, 0.717) is 22.9 Å². The predicted molar refractivity (Wildman–Crippen MR) is 32.3 cm³/mol. The predicted octanol–water partition coefficient (Wildman–Crippen LogP) is -1.20. The molecule has 0 heterocycles. The molecule has 1 atom stereocenters. The van der Waals surface area contributed by atoms with Crippen molar-refractivity contribution in [2.75, 3.05) is 5.75 Å². The van der Waals surface area contributed by atoms with E-state index >= 15 is 0 Å². The van der Waals surface area contributed by atoms with Crippen LogP contribution >= 0.6 is 0 Å². The van der Waals surface area contributed by atoms with Gasteiger partial charge in [-0.05, 0) is 0 Å². The van der Waals surface area contributed by atoms with Gasteiger partial charge >= 0.3 is 67.9 Å². The molecule has 3 radical (unpaired) electrons. The van der Waals surface area contributed by atoms with E-state index in [4.69, 9.17) is 5.11 Å². The van der Waals surface area contributed by atoms with Crippen molar-refractivity contribution in [3.8, 4) is 0 Å². The monoisotopic (exact) mass is 259 g/mol. The molecular weight excluding hydrogens is 251 g/mol. The van der Waals surface area contributed by atoms with Gasteiger partial charge in [0.05, 0.1) is 0 Å². The van der Waals surface area contributed by atoms with Gasteiger partial charge in [0.25, 0.3) is 0 Å². The fourth-order valence-corrected chi connectivity index (χ4v) is 1.57. The van der Waals surface area contributed by atoms with Crippen molar-refractivity contribution in [1.29, 1.82) is 0 Å². The second-order valence-corrected chi connectivity index (χ2v) is 4.70. The second kappa shape index (κ2) is 3.74. The summed E-state index contributed by atoms with van der Waals surface area (Å²) in [6.45, 7) is 1.40. The third-order valence-electron chi connectivity index (χ3n) is 0.572. The van der Waals surface area contributed by atoms with E-state index in [1.165, 1.54) is 6.92 Å². The maximum atomic E-state index is 10.4. The molecule has 0 bridgehead atoms. The van der Waals surface area contributed by atoms with Gasteiger partial charge < -0.3 is 0 Å². The van der Waals surface area contributed by atoms with Crippen LogP contribution in [0.15, 0.2) is 0 Å². The molecule has 6 heteroatoms. The second-order valence-electron chi connectivity index (χ2n) is 1.66. The van der Waals surface area contributed by atoms with Crippen LogP contribution in [0.3, 0.4) is 0 Å². The first-order valence-electron chi connectivity index (χ1n) is 2.24. The van der Waals surface area contributed by atoms with Crippen LogP contribution in [0.5, 0.6) is 0 Å². The quantitative estimate of drug-likeness (QED) is 0.645. The summed E-state index contributed by atoms with van der Waals surface area (Å²) in [5.74, 6) is -0.321. The van der Waals surface area contributed by atoms with Gasteiger partial charge in [0, 0.05) is 0 Å². The van der Waals surface area contributed by atoms with Crippen molar-refractivity contribution >= 4 is 33.1 Å². The standard InChI is InChI=1S/C3H8O4S.Sn/c1-3(4)2-8(5,6)7;/h3-4H,2H2,1H3,(H,5,6,7);/q;+1/p-1. The van der Waals surface area contributed by atoms with E-state index in [2.05, 4.69) is 2.52 Å². The van der Waals surface area contributed by atoms with Crippen LogP contribution in [0.25, 0.3) is 0 Å². The summed E-state index contributed by atoms with van der Waals surface area (Å²) < 4.78 is 25.1. The van der Waals surface area contributed by atoms with Gasteiger partial charge in [0.2, 0.25) is 0 Å². The van der Waals surface area contributed by atoms with E-state index in [-0.39, 0.29) is 5.75 Å². The van der Waals surface area contributed by atoms with Gasteiger partial charge in [-0.3, -0.25) is 0 Å². The van der Waals surface area contributed by atoms with E-state index in [0.717, 1.165) is 0 Å². The normalized spacial score (nSPS) is 15.4. The molecule has 1 unspecified atom stereocenters. The van der Waals surface area contributed by atoms with Crippen LogP contribution in [0, 0.1) is 0 Å². The molecule has 1 N–H and O–H groups in total. The Morgan fingerprint density at radius 3 is 2.33 bits per heavy atom. The van der Waals surface area contributed by atoms with Gasteiger partial charge in [-0.2, -0.15) is 0 Å². The maximum absolute atomic E-state index is 10.4. The van der Waals surface area contributed by atoms with Crippen LogP contribution in [0.2, 0.25) is 0 Å². The van der Waals surface area contributed by atoms with Crippen LogP contribution in [0.1, 0.15) is 6.92 Å². The van der Waals surface area contributed by atoms with Crippen molar-refractivity contribution < 1.29 is 16.0 Å². The first-order chi connectivity index (χ1) is 3.98. The van der Waals surface area contributed by atoms with Gasteiger partial charge in [0.1, 0.15) is 0 Å². The van der Waals surface area contributed by atoms with Crippen molar-refractivity contribution in [3.05, 3.63) is 0 Å². The van der Waals surface area contributed by atoms with E-state index in [1.54, 1.807) is 0 Å². The van der Waals surface area contributed by atoms with Crippen molar-refractivity contribution in [1.82, 2.24) is 0 Å². The van der Waals surface area contributed by atoms with E-state index < -0.39 is 16.2 Å². The molecule has 0 rings (SSSR count). The SMILES string of the molecule is CC(O)CS(=O)(=O)[O][Sn]. The molecule has 0 aromatic heterocycles. The molecule has 0 aliphatic carbocycles. The summed E-state index contributed by atoms with van der Waals surface area (Å²) in [5.41, 5.74) is 0. The zero-order chi connectivity index (χ0) is 7.49. The average Bonchev–Trinajstić information content (AvgIpc) is 1.63. The molecule has 9 heavy (non-hydrogen) atoms. The first kappa shape index (κ1) is 9.67. The number of hydrogen-bond acceptors (Lipinski definition) is 4. The molecule has 53 valence electrons. The Morgan fingerprint density at radius 1 is 1.78 bits per heavy atom. The third kappa shape index (κ3) is 5.13. The Hall–Kier alpha value is 0.669. The molecule has 0 aromatic carbocycles. The topological polar surface area (TPSA) is 63.6 Å². The Labute approximate surface area is 68.0 Å². The zero-order valence-corrected chi connectivity index (χ0v) is 8.54. The third-order valence-corrected chi connectivity index (χ3v) is 3.89. The van der Waals surface area contributed by atoms with E-state index in [1.807, 2.05) is 0 Å². The van der Waals surface area contributed by atoms with Crippen molar-refractivity contribution in [3.63, 3.8) is 0 Å². The van der Waals surface area contributed by atoms with Gasteiger partial charge in [-0.25, -0.2) is 0 Å². The van der Waals surface area contributed by atoms with Crippen LogP contribution in [-0.2, 0) is 12.6 Å². The summed E-state index contributed by atoms with van der Waals surface area (Å²) in [5, 5.41) is 8.57. The number of rotatable bonds is 3. The fourth-order valence-electron chi connectivity index (χ4n) is 0.329. The van der Waals surface area contributed by atoms with E-state index in [9.17, 15) is 8.42 Å². The minimum absolute atomic E-state index is 0.321. The average molecular weight is 258 g/mol. The molecule has 0 aliphatic heterocycles. The molecule has 0 aliphatic rings. The molecule has 0 amide bonds. The summed E-state index contributed by atoms with van der Waals surface area (Å²) in [6, 6.07) is 0. The number of aliphatic hydroxyl groups is 1. The molecule has 0 saturated heterocycles. The number of hydrogen-bond donors (Lipinski definition) is 1. The summed E-state index contributed by atoms with van der Waals surface area (Å²) >= 11 is 0.475. The first-order valence-corrected chi connectivity index (χ1v) is 4.98. The molecule has 0 saturated carbocycles. The van der Waals surface area contributed by atoms with Gasteiger partial charge in [-0.1, -0.05) is 0 Å². The van der Waals surface area contributed by atoms with Crippen molar-refractivity contribution in [2.45, 2.75) is 13.0 Å². The number of aliphatic hydroxyl groups excluding tert-OH is 1. The molecular formula is C3H7O4SSn. The molecule has 0 aromatic rings.